The molecule has 0 spiro atoms. The second kappa shape index (κ2) is 15.3. The third-order valence-corrected chi connectivity index (χ3v) is 13.3. The van der Waals surface area contributed by atoms with Crippen molar-refractivity contribution in [3.05, 3.63) is 96.6 Å². The van der Waals surface area contributed by atoms with Gasteiger partial charge in [0.1, 0.15) is 29.4 Å². The van der Waals surface area contributed by atoms with Crippen LogP contribution in [0.4, 0.5) is 0 Å². The van der Waals surface area contributed by atoms with Crippen LogP contribution in [-0.4, -0.2) is 87.4 Å². The maximum Gasteiger partial charge on any atom is 0.272 e. The van der Waals surface area contributed by atoms with E-state index < -0.39 is 68.5 Å². The van der Waals surface area contributed by atoms with E-state index in [-0.39, 0.29) is 25.1 Å². The number of ether oxygens (including phenoxy) is 1. The number of carbonyl (C=O) groups excluding carboxylic acids is 4. The summed E-state index contributed by atoms with van der Waals surface area (Å²) >= 11 is 0. The highest BCUT2D eigenvalue weighted by molar-refractivity contribution is 7.91. The zero-order valence-electron chi connectivity index (χ0n) is 31.6. The number of allylic oxidation sites excluding steroid dienone is 1. The Morgan fingerprint density at radius 3 is 2.46 bits per heavy atom. The van der Waals surface area contributed by atoms with Crippen molar-refractivity contribution < 1.29 is 32.3 Å². The second-order valence-electron chi connectivity index (χ2n) is 15.5. The number of aryl methyl sites for hydroxylation is 1. The maximum atomic E-state index is 14.8. The predicted octanol–water partition coefficient (Wildman–Crippen LogP) is 4.19. The van der Waals surface area contributed by atoms with Gasteiger partial charge in [-0.05, 0) is 56.5 Å². The van der Waals surface area contributed by atoms with Gasteiger partial charge in [0.25, 0.3) is 11.8 Å². The molecule has 14 nitrogen and oxygen atoms in total. The number of para-hydroxylation sites is 1. The predicted molar refractivity (Wildman–Crippen MR) is 212 cm³/mol. The quantitative estimate of drug-likeness (QED) is 0.181. The first-order valence-corrected chi connectivity index (χ1v) is 21.0. The van der Waals surface area contributed by atoms with E-state index in [2.05, 4.69) is 31.9 Å². The van der Waals surface area contributed by atoms with Gasteiger partial charge in [0.2, 0.25) is 27.7 Å². The fourth-order valence-corrected chi connectivity index (χ4v) is 9.56. The highest BCUT2D eigenvalue weighted by Gasteiger charge is 2.58. The molecule has 4 amide bonds. The molecule has 4 aliphatic rings. The molecule has 1 saturated heterocycles. The molecule has 2 aliphatic heterocycles. The fraction of sp³-hybridized carbons (Fsp3) is 0.405. The van der Waals surface area contributed by atoms with Crippen molar-refractivity contribution in [3.63, 3.8) is 0 Å². The van der Waals surface area contributed by atoms with Gasteiger partial charge in [0.15, 0.2) is 0 Å². The molecule has 2 aromatic carbocycles. The van der Waals surface area contributed by atoms with Gasteiger partial charge in [-0.2, -0.15) is 0 Å². The Morgan fingerprint density at radius 1 is 0.965 bits per heavy atom. The van der Waals surface area contributed by atoms with Crippen molar-refractivity contribution in [1.29, 1.82) is 0 Å². The zero-order valence-corrected chi connectivity index (χ0v) is 32.5. The lowest BCUT2D eigenvalue weighted by Gasteiger charge is -2.49. The van der Waals surface area contributed by atoms with Gasteiger partial charge in [0.05, 0.1) is 29.2 Å². The van der Waals surface area contributed by atoms with E-state index in [9.17, 15) is 27.6 Å². The third kappa shape index (κ3) is 7.59. The first-order valence-electron chi connectivity index (χ1n) is 19.5. The molecule has 5 atom stereocenters. The molecule has 3 N–H and O–H groups in total. The van der Waals surface area contributed by atoms with Crippen LogP contribution in [0, 0.1) is 12.8 Å². The highest BCUT2D eigenvalue weighted by atomic mass is 32.2. The first-order chi connectivity index (χ1) is 27.4. The van der Waals surface area contributed by atoms with Crippen LogP contribution >= 0.6 is 0 Å². The largest absolute Gasteiger partial charge is 0.472 e. The number of pyridine rings is 1. The van der Waals surface area contributed by atoms with E-state index in [1.807, 2.05) is 60.7 Å². The van der Waals surface area contributed by atoms with E-state index in [1.54, 1.807) is 6.92 Å². The molecule has 8 rings (SSSR count). The van der Waals surface area contributed by atoms with Gasteiger partial charge < -0.3 is 20.3 Å². The van der Waals surface area contributed by atoms with Gasteiger partial charge in [-0.15, -0.1) is 0 Å². The molecule has 2 aromatic heterocycles. The number of aromatic nitrogens is 3. The monoisotopic (exact) mass is 791 g/mol. The lowest BCUT2D eigenvalue weighted by molar-refractivity contribution is -0.143. The van der Waals surface area contributed by atoms with Crippen molar-refractivity contribution in [3.8, 4) is 5.88 Å². The number of carbonyl (C=O) groups is 4. The fourth-order valence-electron chi connectivity index (χ4n) is 8.20. The van der Waals surface area contributed by atoms with Gasteiger partial charge in [-0.25, -0.2) is 18.4 Å². The summed E-state index contributed by atoms with van der Waals surface area (Å²) in [5.74, 6) is -2.90. The minimum atomic E-state index is -3.96. The van der Waals surface area contributed by atoms with Crippen molar-refractivity contribution in [2.24, 2.45) is 5.92 Å². The van der Waals surface area contributed by atoms with E-state index in [1.165, 1.54) is 17.3 Å². The van der Waals surface area contributed by atoms with Crippen molar-refractivity contribution in [2.75, 3.05) is 6.54 Å². The minimum Gasteiger partial charge on any atom is -0.472 e. The standard InChI is InChI=1S/C42H45N7O7S/c1-25-21-42(41(53)48-57(54,55)28-18-19-28)32(25)15-6-4-3-5-7-17-34(45-37(50)35-23-43-26(2)22-44-35)40(52)49-24-27(20-36(49)38(51)47-42)56-39-31-14-9-8-12-29(31)30-13-10-11-16-33(30)46-39/h6,8-16,22-23,27-28,32,34,36H,1,3-5,7,17-21,24H2,2H3,(H,45,50)(H,47,51)(H,48,53). The van der Waals surface area contributed by atoms with Crippen molar-refractivity contribution in [1.82, 2.24) is 35.2 Å². The lowest BCUT2D eigenvalue weighted by Crippen LogP contribution is -2.70. The lowest BCUT2D eigenvalue weighted by atomic mass is 9.62. The summed E-state index contributed by atoms with van der Waals surface area (Å²) in [6, 6.07) is 13.2. The van der Waals surface area contributed by atoms with Crippen LogP contribution in [0.2, 0.25) is 0 Å². The summed E-state index contributed by atoms with van der Waals surface area (Å²) < 4.78 is 34.9. The Hall–Kier alpha value is -5.70. The number of amides is 4. The van der Waals surface area contributed by atoms with Gasteiger partial charge in [0, 0.05) is 35.7 Å². The number of sulfonamides is 1. The molecule has 3 fully saturated rings. The van der Waals surface area contributed by atoms with E-state index in [0.29, 0.717) is 54.8 Å². The molecule has 2 saturated carbocycles. The molecule has 0 radical (unpaired) electrons. The number of hydrogen-bond donors (Lipinski definition) is 3. The molecule has 4 aromatic rings. The van der Waals surface area contributed by atoms with Crippen molar-refractivity contribution in [2.45, 2.75) is 93.7 Å². The zero-order chi connectivity index (χ0) is 39.9. The van der Waals surface area contributed by atoms with Crippen LogP contribution in [0.1, 0.15) is 74.0 Å². The molecule has 296 valence electrons. The Labute approximate surface area is 330 Å². The smallest absolute Gasteiger partial charge is 0.272 e. The molecule has 57 heavy (non-hydrogen) atoms. The van der Waals surface area contributed by atoms with Gasteiger partial charge >= 0.3 is 0 Å². The maximum absolute atomic E-state index is 14.8. The first kappa shape index (κ1) is 38.2. The Bertz CT molecular complexity index is 2420. The average molecular weight is 792 g/mol. The normalized spacial score (nSPS) is 25.7. The van der Waals surface area contributed by atoms with E-state index >= 15 is 0 Å². The van der Waals surface area contributed by atoms with Crippen LogP contribution < -0.4 is 20.1 Å². The van der Waals surface area contributed by atoms with Crippen LogP contribution in [0.15, 0.2) is 85.2 Å². The Kier molecular flexibility index (Phi) is 10.3. The number of hydrogen-bond acceptors (Lipinski definition) is 10. The van der Waals surface area contributed by atoms with Crippen LogP contribution in [0.5, 0.6) is 5.88 Å². The van der Waals surface area contributed by atoms with Gasteiger partial charge in [-0.1, -0.05) is 73.5 Å². The van der Waals surface area contributed by atoms with Crippen LogP contribution in [0.3, 0.4) is 0 Å². The third-order valence-electron chi connectivity index (χ3n) is 11.4. The second-order valence-corrected chi connectivity index (χ2v) is 17.5. The highest BCUT2D eigenvalue weighted by Crippen LogP contribution is 2.45. The summed E-state index contributed by atoms with van der Waals surface area (Å²) in [5.41, 5.74) is 0.407. The number of nitrogens with zero attached hydrogens (tertiary/aromatic N) is 4. The number of nitrogens with one attached hydrogen (secondary N) is 3. The molecule has 4 heterocycles. The molecule has 2 aliphatic carbocycles. The topological polar surface area (TPSA) is 190 Å². The van der Waals surface area contributed by atoms with Crippen LogP contribution in [-0.2, 0) is 24.4 Å². The molecular weight excluding hydrogens is 747 g/mol. The molecule has 5 unspecified atom stereocenters. The van der Waals surface area contributed by atoms with Crippen molar-refractivity contribution >= 4 is 55.3 Å². The number of rotatable bonds is 7. The van der Waals surface area contributed by atoms with E-state index in [4.69, 9.17) is 9.72 Å². The summed E-state index contributed by atoms with van der Waals surface area (Å²) in [6.07, 6.45) is 9.83. The SMILES string of the molecule is C=C1CC2(C(=O)NS(=O)(=O)C3CC3)NC(=O)C3CC(Oc4nc5ccccc5c5ccccc45)CN3C(=O)C(NC(=O)c3cnc(C)cn3)CCCCCC=CC12. The molecular formula is C42H45N7O7S. The summed E-state index contributed by atoms with van der Waals surface area (Å²) in [5, 5.41) is 7.77. The Balaban J connectivity index is 1.15. The Morgan fingerprint density at radius 2 is 1.72 bits per heavy atom. The number of benzene rings is 2. The summed E-state index contributed by atoms with van der Waals surface area (Å²) in [7, 11) is -3.96. The van der Waals surface area contributed by atoms with E-state index in [0.717, 1.165) is 29.0 Å². The minimum absolute atomic E-state index is 0.0175. The summed E-state index contributed by atoms with van der Waals surface area (Å²) in [6.45, 7) is 5.86. The molecule has 15 heteroatoms. The number of fused-ring (bicyclic) bond motifs is 5. The van der Waals surface area contributed by atoms with Crippen LogP contribution in [0.25, 0.3) is 21.7 Å². The summed E-state index contributed by atoms with van der Waals surface area (Å²) in [4.78, 5) is 71.6. The average Bonchev–Trinajstić information content (AvgIpc) is 3.98. The van der Waals surface area contributed by atoms with Gasteiger partial charge in [-0.3, -0.25) is 28.9 Å². The molecule has 0 bridgehead atoms.